The van der Waals surface area contributed by atoms with Gasteiger partial charge in [-0.1, -0.05) is 31.2 Å². The summed E-state index contributed by atoms with van der Waals surface area (Å²) in [5.74, 6) is -0.981. The molecule has 0 spiro atoms. The number of fused-ring (bicyclic) bond motifs is 1. The summed E-state index contributed by atoms with van der Waals surface area (Å²) in [6.45, 7) is 1.71. The normalized spacial score (nSPS) is 12.0. The first-order valence-electron chi connectivity index (χ1n) is 8.12. The first-order chi connectivity index (χ1) is 12.1. The predicted octanol–water partition coefficient (Wildman–Crippen LogP) is 3.00. The molecule has 0 unspecified atom stereocenters. The van der Waals surface area contributed by atoms with E-state index in [1.54, 1.807) is 37.5 Å². The van der Waals surface area contributed by atoms with Crippen molar-refractivity contribution in [3.05, 3.63) is 60.4 Å². The smallest absolute Gasteiger partial charge is 0.327 e. The predicted molar refractivity (Wildman–Crippen MR) is 95.4 cm³/mol. The van der Waals surface area contributed by atoms with Gasteiger partial charge in [-0.3, -0.25) is 9.69 Å². The first-order valence-corrected chi connectivity index (χ1v) is 8.12. The van der Waals surface area contributed by atoms with Crippen LogP contribution in [0.4, 0.5) is 5.82 Å². The number of hydrogen-bond donors (Lipinski definition) is 2. The molecule has 128 valence electrons. The Morgan fingerprint density at radius 2 is 1.96 bits per heavy atom. The largest absolute Gasteiger partial charge is 0.480 e. The van der Waals surface area contributed by atoms with Crippen molar-refractivity contribution in [2.24, 2.45) is 0 Å². The van der Waals surface area contributed by atoms with Gasteiger partial charge in [0.2, 0.25) is 5.91 Å². The molecule has 1 atom stereocenters. The number of pyridine rings is 1. The highest BCUT2D eigenvalue weighted by Gasteiger charge is 2.31. The van der Waals surface area contributed by atoms with Crippen LogP contribution in [-0.4, -0.2) is 33.0 Å². The topological polar surface area (TPSA) is 86.3 Å². The van der Waals surface area contributed by atoms with Crippen LogP contribution in [0.25, 0.3) is 10.9 Å². The van der Waals surface area contributed by atoms with E-state index in [1.807, 2.05) is 24.3 Å². The van der Waals surface area contributed by atoms with E-state index >= 15 is 0 Å². The van der Waals surface area contributed by atoms with Crippen molar-refractivity contribution in [1.29, 1.82) is 0 Å². The summed E-state index contributed by atoms with van der Waals surface area (Å²) in [4.78, 5) is 33.0. The van der Waals surface area contributed by atoms with Crippen LogP contribution in [0.15, 0.2) is 54.9 Å². The van der Waals surface area contributed by atoms with Crippen LogP contribution in [0, 0.1) is 0 Å². The number of aromatic nitrogens is 2. The molecule has 0 saturated carbocycles. The number of carbonyl (C=O) groups is 2. The number of rotatable bonds is 6. The lowest BCUT2D eigenvalue weighted by Crippen LogP contribution is -2.47. The molecule has 6 heteroatoms. The van der Waals surface area contributed by atoms with E-state index in [0.717, 1.165) is 16.5 Å². The number of carboxylic acid groups (broad SMARTS) is 1. The number of carbonyl (C=O) groups excluding carboxylic acids is 1. The molecule has 3 aromatic rings. The van der Waals surface area contributed by atoms with Gasteiger partial charge < -0.3 is 10.1 Å². The second kappa shape index (κ2) is 7.17. The third kappa shape index (κ3) is 3.38. The molecule has 2 aromatic heterocycles. The minimum absolute atomic E-state index is 0.196. The quantitative estimate of drug-likeness (QED) is 0.724. The molecule has 2 heterocycles. The minimum Gasteiger partial charge on any atom is -0.480 e. The molecule has 1 amide bonds. The van der Waals surface area contributed by atoms with Crippen molar-refractivity contribution in [2.75, 3.05) is 4.90 Å². The minimum atomic E-state index is -1.06. The molecule has 0 aliphatic heterocycles. The summed E-state index contributed by atoms with van der Waals surface area (Å²) >= 11 is 0. The third-order valence-corrected chi connectivity index (χ3v) is 4.15. The highest BCUT2D eigenvalue weighted by atomic mass is 16.4. The summed E-state index contributed by atoms with van der Waals surface area (Å²) in [5, 5.41) is 10.7. The fraction of sp³-hybridized carbons (Fsp3) is 0.211. The number of aliphatic carboxylic acids is 1. The van der Waals surface area contributed by atoms with Crippen molar-refractivity contribution < 1.29 is 14.7 Å². The Morgan fingerprint density at radius 3 is 2.64 bits per heavy atom. The molecule has 0 aliphatic carbocycles. The van der Waals surface area contributed by atoms with Gasteiger partial charge >= 0.3 is 5.97 Å². The molecule has 1 aromatic carbocycles. The zero-order valence-corrected chi connectivity index (χ0v) is 13.8. The van der Waals surface area contributed by atoms with Crippen molar-refractivity contribution in [2.45, 2.75) is 25.8 Å². The van der Waals surface area contributed by atoms with Crippen LogP contribution in [0.3, 0.4) is 0 Å². The average Bonchev–Trinajstić information content (AvgIpc) is 3.05. The van der Waals surface area contributed by atoms with Gasteiger partial charge in [0.05, 0.1) is 0 Å². The molecule has 0 bridgehead atoms. The Labute approximate surface area is 145 Å². The monoisotopic (exact) mass is 337 g/mol. The van der Waals surface area contributed by atoms with Crippen molar-refractivity contribution in [1.82, 2.24) is 9.97 Å². The molecular weight excluding hydrogens is 318 g/mol. The molecule has 3 rings (SSSR count). The van der Waals surface area contributed by atoms with E-state index < -0.39 is 12.0 Å². The highest BCUT2D eigenvalue weighted by Crippen LogP contribution is 2.23. The third-order valence-electron chi connectivity index (χ3n) is 4.15. The Morgan fingerprint density at radius 1 is 1.20 bits per heavy atom. The number of anilines is 1. The molecule has 0 aliphatic rings. The summed E-state index contributed by atoms with van der Waals surface area (Å²) in [7, 11) is 0. The van der Waals surface area contributed by atoms with Gasteiger partial charge in [-0.15, -0.1) is 0 Å². The van der Waals surface area contributed by atoms with Crippen LogP contribution >= 0.6 is 0 Å². The van der Waals surface area contributed by atoms with Crippen LogP contribution in [0.2, 0.25) is 0 Å². The Hall–Kier alpha value is -3.15. The number of nitrogens with one attached hydrogen (secondary N) is 1. The van der Waals surface area contributed by atoms with Gasteiger partial charge in [0, 0.05) is 36.1 Å². The molecule has 6 nitrogen and oxygen atoms in total. The van der Waals surface area contributed by atoms with Gasteiger partial charge in [0.15, 0.2) is 0 Å². The molecule has 25 heavy (non-hydrogen) atoms. The van der Waals surface area contributed by atoms with Crippen LogP contribution in [0.1, 0.15) is 18.9 Å². The van der Waals surface area contributed by atoms with Gasteiger partial charge in [-0.05, 0) is 23.8 Å². The van der Waals surface area contributed by atoms with Crippen LogP contribution in [-0.2, 0) is 16.0 Å². The summed E-state index contributed by atoms with van der Waals surface area (Å²) in [5.41, 5.74) is 1.79. The van der Waals surface area contributed by atoms with E-state index in [1.165, 1.54) is 4.90 Å². The van der Waals surface area contributed by atoms with Crippen LogP contribution in [0.5, 0.6) is 0 Å². The molecule has 0 saturated heterocycles. The van der Waals surface area contributed by atoms with E-state index in [-0.39, 0.29) is 18.7 Å². The maximum absolute atomic E-state index is 12.5. The van der Waals surface area contributed by atoms with E-state index in [0.29, 0.717) is 5.82 Å². The Balaban J connectivity index is 2.01. The standard InChI is InChI=1S/C19H19N3O3/c1-2-18(23)22(17-9-5-6-10-20-17)16(19(24)25)11-13-12-21-15-8-4-3-7-14(13)15/h3-10,12,16,21H,2,11H2,1H3,(H,24,25)/t16-/m0/s1. The van der Waals surface area contributed by atoms with Gasteiger partial charge in [0.1, 0.15) is 11.9 Å². The lowest BCUT2D eigenvalue weighted by Gasteiger charge is -2.27. The number of aromatic amines is 1. The number of H-pyrrole nitrogens is 1. The second-order valence-corrected chi connectivity index (χ2v) is 5.72. The summed E-state index contributed by atoms with van der Waals surface area (Å²) in [6.07, 6.45) is 3.75. The number of para-hydroxylation sites is 1. The van der Waals surface area contributed by atoms with Crippen molar-refractivity contribution in [3.8, 4) is 0 Å². The van der Waals surface area contributed by atoms with Gasteiger partial charge in [-0.25, -0.2) is 9.78 Å². The zero-order valence-electron chi connectivity index (χ0n) is 13.8. The van der Waals surface area contributed by atoms with E-state index in [4.69, 9.17) is 0 Å². The number of hydrogen-bond acceptors (Lipinski definition) is 3. The lowest BCUT2D eigenvalue weighted by molar-refractivity contribution is -0.140. The first kappa shape index (κ1) is 16.7. The molecule has 2 N–H and O–H groups in total. The molecule has 0 radical (unpaired) electrons. The van der Waals surface area contributed by atoms with Crippen molar-refractivity contribution >= 4 is 28.6 Å². The number of benzene rings is 1. The fourth-order valence-electron chi connectivity index (χ4n) is 2.93. The number of amides is 1. The number of carboxylic acids is 1. The van der Waals surface area contributed by atoms with Gasteiger partial charge in [-0.2, -0.15) is 0 Å². The highest BCUT2D eigenvalue weighted by molar-refractivity contribution is 5.98. The summed E-state index contributed by atoms with van der Waals surface area (Å²) < 4.78 is 0. The second-order valence-electron chi connectivity index (χ2n) is 5.72. The van der Waals surface area contributed by atoms with Gasteiger partial charge in [0.25, 0.3) is 0 Å². The lowest BCUT2D eigenvalue weighted by atomic mass is 10.0. The van der Waals surface area contributed by atoms with Crippen LogP contribution < -0.4 is 4.90 Å². The summed E-state index contributed by atoms with van der Waals surface area (Å²) in [6, 6.07) is 11.8. The average molecular weight is 337 g/mol. The maximum atomic E-state index is 12.5. The van der Waals surface area contributed by atoms with Crippen molar-refractivity contribution in [3.63, 3.8) is 0 Å². The Kier molecular flexibility index (Phi) is 4.79. The maximum Gasteiger partial charge on any atom is 0.327 e. The SMILES string of the molecule is CCC(=O)N(c1ccccn1)[C@@H](Cc1c[nH]c2ccccc12)C(=O)O. The zero-order chi connectivity index (χ0) is 17.8. The number of nitrogens with zero attached hydrogens (tertiary/aromatic N) is 2. The Bertz CT molecular complexity index is 889. The van der Waals surface area contributed by atoms with E-state index in [9.17, 15) is 14.7 Å². The molecular formula is C19H19N3O3. The molecule has 0 fully saturated rings. The van der Waals surface area contributed by atoms with E-state index in [2.05, 4.69) is 9.97 Å². The fourth-order valence-corrected chi connectivity index (χ4v) is 2.93.